The van der Waals surface area contributed by atoms with Crippen molar-refractivity contribution < 1.29 is 14.3 Å². The zero-order valence-corrected chi connectivity index (χ0v) is 9.90. The zero-order chi connectivity index (χ0) is 10.4. The van der Waals surface area contributed by atoms with Gasteiger partial charge >= 0.3 is 5.97 Å². The average molecular weight is 206 g/mol. The minimum atomic E-state index is -0.174. The lowest BCUT2D eigenvalue weighted by Crippen LogP contribution is -2.23. The van der Waals surface area contributed by atoms with Crippen LogP contribution in [0.4, 0.5) is 0 Å². The summed E-state index contributed by atoms with van der Waals surface area (Å²) in [6, 6.07) is 0. The van der Waals surface area contributed by atoms with Crippen LogP contribution in [0.1, 0.15) is 27.7 Å². The molecule has 3 atom stereocenters. The van der Waals surface area contributed by atoms with Crippen molar-refractivity contribution in [3.63, 3.8) is 0 Å². The quantitative estimate of drug-likeness (QED) is 0.508. The number of ether oxygens (including phenoxy) is 2. The van der Waals surface area contributed by atoms with Gasteiger partial charge in [0.05, 0.1) is 17.9 Å². The first kappa shape index (κ1) is 12.9. The maximum Gasteiger partial charge on any atom is 0.308 e. The summed E-state index contributed by atoms with van der Waals surface area (Å²) in [5, 5.41) is 0. The van der Waals surface area contributed by atoms with Crippen molar-refractivity contribution in [3.05, 3.63) is 0 Å². The van der Waals surface area contributed by atoms with Crippen molar-refractivity contribution in [2.45, 2.75) is 39.6 Å². The zero-order valence-electron chi connectivity index (χ0n) is 8.74. The summed E-state index contributed by atoms with van der Waals surface area (Å²) in [6.07, 6.45) is -0.0461. The monoisotopic (exact) mass is 206 g/mol. The molecule has 4 heteroatoms. The van der Waals surface area contributed by atoms with Crippen molar-refractivity contribution in [3.8, 4) is 0 Å². The molecule has 0 fully saturated rings. The summed E-state index contributed by atoms with van der Waals surface area (Å²) >= 11 is 0. The van der Waals surface area contributed by atoms with Crippen LogP contribution in [-0.4, -0.2) is 24.5 Å². The van der Waals surface area contributed by atoms with E-state index in [1.165, 1.54) is 0 Å². The third-order valence-corrected chi connectivity index (χ3v) is 1.54. The minimum absolute atomic E-state index is 0.0461. The van der Waals surface area contributed by atoms with Gasteiger partial charge < -0.3 is 9.47 Å². The van der Waals surface area contributed by atoms with Crippen LogP contribution in [0.3, 0.4) is 0 Å². The van der Waals surface area contributed by atoms with E-state index in [4.69, 9.17) is 9.47 Å². The van der Waals surface area contributed by atoms with Crippen molar-refractivity contribution in [2.24, 2.45) is 5.92 Å². The molecule has 0 saturated heterocycles. The molecule has 0 saturated carbocycles. The molecule has 13 heavy (non-hydrogen) atoms. The minimum Gasteiger partial charge on any atom is -0.463 e. The van der Waals surface area contributed by atoms with Crippen LogP contribution in [0.15, 0.2) is 0 Å². The van der Waals surface area contributed by atoms with Crippen LogP contribution < -0.4 is 0 Å². The normalized spacial score (nSPS) is 15.5. The fraction of sp³-hybridized carbons (Fsp3) is 0.889. The molecule has 0 aliphatic rings. The van der Waals surface area contributed by atoms with Gasteiger partial charge in [-0.15, -0.1) is 9.24 Å². The average Bonchev–Trinajstić information content (AvgIpc) is 1.98. The predicted molar refractivity (Wildman–Crippen MR) is 55.5 cm³/mol. The van der Waals surface area contributed by atoms with Crippen molar-refractivity contribution in [2.75, 3.05) is 6.61 Å². The van der Waals surface area contributed by atoms with Gasteiger partial charge in [0.15, 0.2) is 0 Å². The smallest absolute Gasteiger partial charge is 0.308 e. The number of carbonyl (C=O) groups is 1. The molecule has 0 amide bonds. The third-order valence-electron chi connectivity index (χ3n) is 1.38. The van der Waals surface area contributed by atoms with E-state index in [0.717, 1.165) is 0 Å². The highest BCUT2D eigenvalue weighted by molar-refractivity contribution is 7.17. The van der Waals surface area contributed by atoms with Gasteiger partial charge in [-0.3, -0.25) is 4.79 Å². The maximum absolute atomic E-state index is 11.1. The summed E-state index contributed by atoms with van der Waals surface area (Å²) in [5.74, 6) is -0.153. The molecular weight excluding hydrogens is 187 g/mol. The van der Waals surface area contributed by atoms with Gasteiger partial charge in [0, 0.05) is 0 Å². The molecule has 0 aromatic rings. The van der Waals surface area contributed by atoms with E-state index in [9.17, 15) is 4.79 Å². The lowest BCUT2D eigenvalue weighted by molar-refractivity contribution is -0.151. The largest absolute Gasteiger partial charge is 0.463 e. The number of carbonyl (C=O) groups excluding carboxylic acids is 1. The van der Waals surface area contributed by atoms with Crippen LogP contribution in [0, 0.1) is 5.92 Å². The summed E-state index contributed by atoms with van der Waals surface area (Å²) in [7, 11) is 2.53. The van der Waals surface area contributed by atoms with Gasteiger partial charge in [0.25, 0.3) is 0 Å². The van der Waals surface area contributed by atoms with Crippen LogP contribution in [0.2, 0.25) is 0 Å². The standard InChI is InChI=1S/C9H19O3P/c1-6(2)9(10)11-5-7(3)12-8(4)13/h6-8H,5,13H2,1-4H3. The van der Waals surface area contributed by atoms with Gasteiger partial charge in [-0.25, -0.2) is 0 Å². The molecule has 0 aliphatic heterocycles. The van der Waals surface area contributed by atoms with Gasteiger partial charge in [-0.2, -0.15) is 0 Å². The van der Waals surface area contributed by atoms with Gasteiger partial charge in [-0.1, -0.05) is 13.8 Å². The fourth-order valence-electron chi connectivity index (χ4n) is 0.772. The van der Waals surface area contributed by atoms with Crippen LogP contribution in [0.5, 0.6) is 0 Å². The molecule has 0 bridgehead atoms. The van der Waals surface area contributed by atoms with E-state index in [1.54, 1.807) is 0 Å². The Hall–Kier alpha value is -0.140. The topological polar surface area (TPSA) is 35.5 Å². The van der Waals surface area contributed by atoms with E-state index in [-0.39, 0.29) is 23.8 Å². The number of hydrogen-bond acceptors (Lipinski definition) is 3. The van der Waals surface area contributed by atoms with E-state index >= 15 is 0 Å². The van der Waals surface area contributed by atoms with Crippen LogP contribution in [0.25, 0.3) is 0 Å². The number of esters is 1. The Morgan fingerprint density at radius 2 is 1.85 bits per heavy atom. The van der Waals surface area contributed by atoms with E-state index in [1.807, 2.05) is 27.7 Å². The fourth-order valence-corrected chi connectivity index (χ4v) is 1.04. The lowest BCUT2D eigenvalue weighted by Gasteiger charge is -2.16. The second-order valence-corrected chi connectivity index (χ2v) is 4.38. The lowest BCUT2D eigenvalue weighted by atomic mass is 10.2. The predicted octanol–water partition coefficient (Wildman–Crippen LogP) is 1.81. The van der Waals surface area contributed by atoms with Gasteiger partial charge in [0.1, 0.15) is 6.61 Å². The third kappa shape index (κ3) is 6.97. The van der Waals surface area contributed by atoms with Crippen LogP contribution >= 0.6 is 9.24 Å². The molecule has 78 valence electrons. The van der Waals surface area contributed by atoms with E-state index in [0.29, 0.717) is 6.61 Å². The summed E-state index contributed by atoms with van der Waals surface area (Å²) in [5.41, 5.74) is 0. The molecule has 0 aliphatic carbocycles. The molecule has 0 radical (unpaired) electrons. The highest BCUT2D eigenvalue weighted by Crippen LogP contribution is 2.05. The molecule has 0 aromatic carbocycles. The Morgan fingerprint density at radius 3 is 2.23 bits per heavy atom. The molecule has 0 rings (SSSR count). The Labute approximate surface area is 82.4 Å². The number of rotatable bonds is 5. The summed E-state index contributed by atoms with van der Waals surface area (Å²) in [6.45, 7) is 7.76. The Balaban J connectivity index is 3.58. The van der Waals surface area contributed by atoms with Crippen molar-refractivity contribution in [1.29, 1.82) is 0 Å². The van der Waals surface area contributed by atoms with Crippen LogP contribution in [-0.2, 0) is 14.3 Å². The summed E-state index contributed by atoms with van der Waals surface area (Å²) in [4.78, 5) is 11.1. The van der Waals surface area contributed by atoms with E-state index in [2.05, 4.69) is 9.24 Å². The Morgan fingerprint density at radius 1 is 1.31 bits per heavy atom. The Bertz CT molecular complexity index is 157. The first-order valence-electron chi connectivity index (χ1n) is 4.51. The second kappa shape index (κ2) is 6.33. The van der Waals surface area contributed by atoms with Gasteiger partial charge in [0.2, 0.25) is 0 Å². The van der Waals surface area contributed by atoms with Crippen molar-refractivity contribution in [1.82, 2.24) is 0 Å². The highest BCUT2D eigenvalue weighted by Gasteiger charge is 2.11. The van der Waals surface area contributed by atoms with E-state index < -0.39 is 0 Å². The molecule has 0 aromatic heterocycles. The molecule has 3 nitrogen and oxygen atoms in total. The first-order valence-corrected chi connectivity index (χ1v) is 5.17. The number of hydrogen-bond donors (Lipinski definition) is 0. The molecule has 0 spiro atoms. The second-order valence-electron chi connectivity index (χ2n) is 3.44. The first-order chi connectivity index (χ1) is 5.93. The molecule has 3 unspecified atom stereocenters. The highest BCUT2D eigenvalue weighted by atomic mass is 31.0. The van der Waals surface area contributed by atoms with Crippen molar-refractivity contribution >= 4 is 15.2 Å². The Kier molecular flexibility index (Phi) is 6.27. The molecule has 0 N–H and O–H groups in total. The molecule has 0 heterocycles. The summed E-state index contributed by atoms with van der Waals surface area (Å²) < 4.78 is 10.4. The molecular formula is C9H19O3P. The SMILES string of the molecule is CC(P)OC(C)COC(=O)C(C)C. The maximum atomic E-state index is 11.1. The van der Waals surface area contributed by atoms with Gasteiger partial charge in [-0.05, 0) is 13.8 Å².